The third kappa shape index (κ3) is 4.42. The number of rotatable bonds is 5. The van der Waals surface area contributed by atoms with E-state index in [4.69, 9.17) is 11.2 Å². The van der Waals surface area contributed by atoms with E-state index >= 15 is 0 Å². The number of pyridine rings is 1. The van der Waals surface area contributed by atoms with Crippen molar-refractivity contribution >= 4 is 28.3 Å². The number of fused-ring (bicyclic) bond motifs is 1. The summed E-state index contributed by atoms with van der Waals surface area (Å²) in [6, 6.07) is 21.3. The van der Waals surface area contributed by atoms with Gasteiger partial charge in [0.05, 0.1) is 0 Å². The van der Waals surface area contributed by atoms with Gasteiger partial charge in [0.1, 0.15) is 17.2 Å². The highest BCUT2D eigenvalue weighted by Gasteiger charge is 2.12. The van der Waals surface area contributed by atoms with E-state index < -0.39 is 0 Å². The van der Waals surface area contributed by atoms with Gasteiger partial charge in [-0.3, -0.25) is 14.6 Å². The molecule has 0 aliphatic heterocycles. The highest BCUT2D eigenvalue weighted by atomic mass is 16.5. The Morgan fingerprint density at radius 2 is 1.75 bits per heavy atom. The quantitative estimate of drug-likeness (QED) is 0.461. The lowest BCUT2D eigenvalue weighted by Crippen LogP contribution is -2.18. The molecule has 0 aliphatic carbocycles. The zero-order valence-electron chi connectivity index (χ0n) is 17.3. The van der Waals surface area contributed by atoms with Gasteiger partial charge in [-0.05, 0) is 59.3 Å². The molecule has 0 saturated heterocycles. The monoisotopic (exact) mass is 421 g/mol. The van der Waals surface area contributed by atoms with Crippen LogP contribution in [0.25, 0.3) is 10.8 Å². The SMILES string of the molecule is C#Cc1cccc(NC(=O)c2cccc3cc(Oc4ccnc(C(=O)NC)c4)ccc23)c1. The van der Waals surface area contributed by atoms with Crippen molar-refractivity contribution in [2.45, 2.75) is 0 Å². The maximum atomic E-state index is 12.9. The average molecular weight is 421 g/mol. The first-order chi connectivity index (χ1) is 15.6. The smallest absolute Gasteiger partial charge is 0.269 e. The van der Waals surface area contributed by atoms with Crippen LogP contribution in [0.5, 0.6) is 11.5 Å². The third-order valence-corrected chi connectivity index (χ3v) is 4.81. The van der Waals surface area contributed by atoms with Crippen molar-refractivity contribution < 1.29 is 14.3 Å². The van der Waals surface area contributed by atoms with Crippen LogP contribution < -0.4 is 15.4 Å². The van der Waals surface area contributed by atoms with Gasteiger partial charge in [0.15, 0.2) is 0 Å². The molecule has 0 radical (unpaired) electrons. The molecular formula is C26H19N3O3. The molecule has 0 saturated carbocycles. The summed E-state index contributed by atoms with van der Waals surface area (Å²) in [5, 5.41) is 7.05. The van der Waals surface area contributed by atoms with Crippen molar-refractivity contribution in [1.29, 1.82) is 0 Å². The number of carbonyl (C=O) groups excluding carboxylic acids is 2. The molecule has 0 fully saturated rings. The molecule has 0 atom stereocenters. The Hall–Kier alpha value is -4.63. The minimum Gasteiger partial charge on any atom is -0.457 e. The predicted molar refractivity (Wildman–Crippen MR) is 124 cm³/mol. The Balaban J connectivity index is 1.59. The largest absolute Gasteiger partial charge is 0.457 e. The van der Waals surface area contributed by atoms with Gasteiger partial charge in [-0.2, -0.15) is 0 Å². The van der Waals surface area contributed by atoms with Crippen molar-refractivity contribution in [1.82, 2.24) is 10.3 Å². The van der Waals surface area contributed by atoms with Crippen LogP contribution in [0.15, 0.2) is 79.0 Å². The maximum absolute atomic E-state index is 12.9. The number of nitrogens with zero attached hydrogens (tertiary/aromatic N) is 1. The summed E-state index contributed by atoms with van der Waals surface area (Å²) >= 11 is 0. The van der Waals surface area contributed by atoms with Crippen LogP contribution >= 0.6 is 0 Å². The topological polar surface area (TPSA) is 80.3 Å². The summed E-state index contributed by atoms with van der Waals surface area (Å²) in [6.45, 7) is 0. The predicted octanol–water partition coefficient (Wildman–Crippen LogP) is 4.62. The molecule has 6 heteroatoms. The van der Waals surface area contributed by atoms with E-state index in [0.717, 1.165) is 10.8 Å². The maximum Gasteiger partial charge on any atom is 0.269 e. The molecule has 1 heterocycles. The van der Waals surface area contributed by atoms with Crippen molar-refractivity contribution in [3.05, 3.63) is 95.8 Å². The molecular weight excluding hydrogens is 402 g/mol. The first-order valence-electron chi connectivity index (χ1n) is 9.84. The Morgan fingerprint density at radius 3 is 2.56 bits per heavy atom. The standard InChI is InChI=1S/C26H19N3O3/c1-3-17-6-4-8-19(14-17)29-25(30)23-9-5-7-18-15-20(10-11-22(18)23)32-21-12-13-28-24(16-21)26(31)27-2/h1,4-16H,2H3,(H,27,31)(H,29,30). The van der Waals surface area contributed by atoms with E-state index in [1.807, 2.05) is 24.3 Å². The summed E-state index contributed by atoms with van der Waals surface area (Å²) < 4.78 is 5.90. The lowest BCUT2D eigenvalue weighted by Gasteiger charge is -2.11. The molecule has 0 unspecified atom stereocenters. The number of ether oxygens (including phenoxy) is 1. The minimum atomic E-state index is -0.294. The van der Waals surface area contributed by atoms with Crippen LogP contribution in [0.2, 0.25) is 0 Å². The molecule has 32 heavy (non-hydrogen) atoms. The number of hydrogen-bond acceptors (Lipinski definition) is 4. The summed E-state index contributed by atoms with van der Waals surface area (Å²) in [5.74, 6) is 3.09. The van der Waals surface area contributed by atoms with Gasteiger partial charge < -0.3 is 15.4 Å². The van der Waals surface area contributed by atoms with E-state index in [2.05, 4.69) is 21.5 Å². The van der Waals surface area contributed by atoms with Crippen LogP contribution in [-0.4, -0.2) is 23.8 Å². The van der Waals surface area contributed by atoms with Gasteiger partial charge in [-0.15, -0.1) is 6.42 Å². The molecule has 3 aromatic carbocycles. The lowest BCUT2D eigenvalue weighted by molar-refractivity contribution is 0.0957. The van der Waals surface area contributed by atoms with E-state index in [1.54, 1.807) is 55.6 Å². The van der Waals surface area contributed by atoms with E-state index in [9.17, 15) is 9.59 Å². The van der Waals surface area contributed by atoms with Crippen molar-refractivity contribution in [2.24, 2.45) is 0 Å². The molecule has 4 rings (SSSR count). The fourth-order valence-electron chi connectivity index (χ4n) is 3.27. The van der Waals surface area contributed by atoms with Gasteiger partial charge in [0.25, 0.3) is 11.8 Å². The normalized spacial score (nSPS) is 10.2. The molecule has 4 aromatic rings. The second-order valence-corrected chi connectivity index (χ2v) is 6.93. The van der Waals surface area contributed by atoms with Crippen molar-refractivity contribution in [3.8, 4) is 23.8 Å². The minimum absolute atomic E-state index is 0.234. The number of anilines is 1. The van der Waals surface area contributed by atoms with Crippen LogP contribution in [0.4, 0.5) is 5.69 Å². The first kappa shape index (κ1) is 20.6. The van der Waals surface area contributed by atoms with Crippen LogP contribution in [0, 0.1) is 12.3 Å². The molecule has 0 bridgehead atoms. The number of aromatic nitrogens is 1. The average Bonchev–Trinajstić information content (AvgIpc) is 2.83. The molecule has 6 nitrogen and oxygen atoms in total. The number of amides is 2. The van der Waals surface area contributed by atoms with Crippen molar-refractivity contribution in [2.75, 3.05) is 12.4 Å². The first-order valence-corrected chi connectivity index (χ1v) is 9.84. The van der Waals surface area contributed by atoms with Gasteiger partial charge in [-0.1, -0.05) is 24.1 Å². The van der Waals surface area contributed by atoms with Crippen LogP contribution in [0.1, 0.15) is 26.4 Å². The van der Waals surface area contributed by atoms with Gasteiger partial charge in [-0.25, -0.2) is 0 Å². The number of benzene rings is 3. The molecule has 2 N–H and O–H groups in total. The zero-order chi connectivity index (χ0) is 22.5. The summed E-state index contributed by atoms with van der Waals surface area (Å²) in [6.07, 6.45) is 6.95. The fraction of sp³-hybridized carbons (Fsp3) is 0.0385. The summed E-state index contributed by atoms with van der Waals surface area (Å²) in [4.78, 5) is 28.7. The second-order valence-electron chi connectivity index (χ2n) is 6.93. The molecule has 2 amide bonds. The van der Waals surface area contributed by atoms with Crippen molar-refractivity contribution in [3.63, 3.8) is 0 Å². The summed E-state index contributed by atoms with van der Waals surface area (Å²) in [7, 11) is 1.54. The third-order valence-electron chi connectivity index (χ3n) is 4.81. The number of nitrogens with one attached hydrogen (secondary N) is 2. The Kier molecular flexibility index (Phi) is 5.82. The number of hydrogen-bond donors (Lipinski definition) is 2. The molecule has 0 aliphatic rings. The Bertz CT molecular complexity index is 1370. The second kappa shape index (κ2) is 9.02. The number of carbonyl (C=O) groups is 2. The Morgan fingerprint density at radius 1 is 0.938 bits per heavy atom. The fourth-order valence-corrected chi connectivity index (χ4v) is 3.27. The van der Waals surface area contributed by atoms with Crippen LogP contribution in [0.3, 0.4) is 0 Å². The van der Waals surface area contributed by atoms with Gasteiger partial charge in [0.2, 0.25) is 0 Å². The van der Waals surface area contributed by atoms with Gasteiger partial charge >= 0.3 is 0 Å². The van der Waals surface area contributed by atoms with Gasteiger partial charge in [0, 0.05) is 36.1 Å². The number of terminal acetylenes is 1. The zero-order valence-corrected chi connectivity index (χ0v) is 17.3. The molecule has 0 spiro atoms. The summed E-state index contributed by atoms with van der Waals surface area (Å²) in [5.41, 5.74) is 2.12. The molecule has 156 valence electrons. The van der Waals surface area contributed by atoms with E-state index in [1.165, 1.54) is 6.20 Å². The highest BCUT2D eigenvalue weighted by Crippen LogP contribution is 2.28. The van der Waals surface area contributed by atoms with Crippen LogP contribution in [-0.2, 0) is 0 Å². The highest BCUT2D eigenvalue weighted by molar-refractivity contribution is 6.13. The Labute approximate surface area is 185 Å². The molecule has 1 aromatic heterocycles. The van der Waals surface area contributed by atoms with E-state index in [0.29, 0.717) is 28.3 Å². The lowest BCUT2D eigenvalue weighted by atomic mass is 10.0. The van der Waals surface area contributed by atoms with E-state index in [-0.39, 0.29) is 17.5 Å².